The highest BCUT2D eigenvalue weighted by Crippen LogP contribution is 2.21. The minimum absolute atomic E-state index is 0.297. The lowest BCUT2D eigenvalue weighted by Crippen LogP contribution is -2.27. The van der Waals surface area contributed by atoms with Gasteiger partial charge in [-0.25, -0.2) is 0 Å². The van der Waals surface area contributed by atoms with Gasteiger partial charge in [-0.05, 0) is 34.1 Å². The molecule has 0 aromatic heterocycles. The van der Waals surface area contributed by atoms with E-state index in [1.807, 2.05) is 32.9 Å². The van der Waals surface area contributed by atoms with E-state index >= 15 is 0 Å². The first-order valence-corrected chi connectivity index (χ1v) is 4.27. The van der Waals surface area contributed by atoms with E-state index in [-0.39, 0.29) is 11.5 Å². The summed E-state index contributed by atoms with van der Waals surface area (Å²) in [7, 11) is 0. The number of aliphatic hydroxyl groups excluding tert-OH is 1. The van der Waals surface area contributed by atoms with Crippen molar-refractivity contribution >= 4 is 0 Å². The fourth-order valence-corrected chi connectivity index (χ4v) is 0.965. The quantitative estimate of drug-likeness (QED) is 0.504. The van der Waals surface area contributed by atoms with E-state index in [0.29, 0.717) is 6.42 Å². The summed E-state index contributed by atoms with van der Waals surface area (Å²) in [4.78, 5) is 0. The predicted octanol–water partition coefficient (Wildman–Crippen LogP) is 2.36. The summed E-state index contributed by atoms with van der Waals surface area (Å²) < 4.78 is 0. The average molecular weight is 166 g/mol. The fraction of sp³-hybridized carbons (Fsp3) is 0.636. The van der Waals surface area contributed by atoms with Crippen molar-refractivity contribution in [3.63, 3.8) is 0 Å². The minimum Gasteiger partial charge on any atom is -0.391 e. The Kier molecular flexibility index (Phi) is 4.70. The Morgan fingerprint density at radius 2 is 2.08 bits per heavy atom. The molecule has 1 heteroatoms. The van der Waals surface area contributed by atoms with Crippen molar-refractivity contribution in [2.45, 2.75) is 40.2 Å². The summed E-state index contributed by atoms with van der Waals surface area (Å²) in [5.41, 5.74) is -0.297. The molecule has 0 saturated carbocycles. The van der Waals surface area contributed by atoms with Gasteiger partial charge < -0.3 is 5.11 Å². The van der Waals surface area contributed by atoms with Crippen molar-refractivity contribution in [1.82, 2.24) is 0 Å². The van der Waals surface area contributed by atoms with E-state index in [9.17, 15) is 5.11 Å². The van der Waals surface area contributed by atoms with Gasteiger partial charge >= 0.3 is 0 Å². The molecule has 1 nitrogen and oxygen atoms in total. The van der Waals surface area contributed by atoms with Crippen LogP contribution >= 0.6 is 0 Å². The van der Waals surface area contributed by atoms with Crippen LogP contribution in [0.3, 0.4) is 0 Å². The molecule has 0 bridgehead atoms. The van der Waals surface area contributed by atoms with Crippen LogP contribution in [0.15, 0.2) is 12.2 Å². The van der Waals surface area contributed by atoms with Crippen LogP contribution < -0.4 is 0 Å². The fourth-order valence-electron chi connectivity index (χ4n) is 0.965. The topological polar surface area (TPSA) is 20.2 Å². The van der Waals surface area contributed by atoms with Gasteiger partial charge in [0.1, 0.15) is 0 Å². The van der Waals surface area contributed by atoms with Gasteiger partial charge in [0.05, 0.1) is 11.5 Å². The van der Waals surface area contributed by atoms with Crippen molar-refractivity contribution in [2.75, 3.05) is 0 Å². The molecule has 0 rings (SSSR count). The van der Waals surface area contributed by atoms with Crippen molar-refractivity contribution < 1.29 is 5.11 Å². The van der Waals surface area contributed by atoms with Crippen molar-refractivity contribution in [2.24, 2.45) is 5.41 Å². The Morgan fingerprint density at radius 1 is 1.50 bits per heavy atom. The highest BCUT2D eigenvalue weighted by atomic mass is 16.3. The third-order valence-corrected chi connectivity index (χ3v) is 1.88. The zero-order valence-electron chi connectivity index (χ0n) is 8.39. The molecule has 0 aliphatic rings. The minimum atomic E-state index is -0.374. The summed E-state index contributed by atoms with van der Waals surface area (Å²) in [6.07, 6.45) is 4.21. The maximum atomic E-state index is 9.69. The zero-order valence-corrected chi connectivity index (χ0v) is 8.39. The second-order valence-corrected chi connectivity index (χ2v) is 3.42. The van der Waals surface area contributed by atoms with Crippen molar-refractivity contribution in [1.29, 1.82) is 0 Å². The van der Waals surface area contributed by atoms with Gasteiger partial charge in [-0.15, -0.1) is 5.92 Å². The summed E-state index contributed by atoms with van der Waals surface area (Å²) in [6, 6.07) is 0. The molecule has 0 aliphatic carbocycles. The van der Waals surface area contributed by atoms with Gasteiger partial charge in [-0.2, -0.15) is 0 Å². The lowest BCUT2D eigenvalue weighted by molar-refractivity contribution is 0.0907. The van der Waals surface area contributed by atoms with Gasteiger partial charge in [0.15, 0.2) is 0 Å². The molecule has 0 radical (unpaired) electrons. The normalized spacial score (nSPS) is 14.1. The van der Waals surface area contributed by atoms with Crippen LogP contribution in [0.2, 0.25) is 0 Å². The van der Waals surface area contributed by atoms with Crippen LogP contribution in [0.1, 0.15) is 34.1 Å². The first-order valence-electron chi connectivity index (χ1n) is 4.27. The monoisotopic (exact) mass is 166 g/mol. The molecule has 0 aromatic rings. The zero-order chi connectivity index (χ0) is 9.61. The Balaban J connectivity index is 4.21. The highest BCUT2D eigenvalue weighted by Gasteiger charge is 2.23. The average Bonchev–Trinajstić information content (AvgIpc) is 2.00. The maximum Gasteiger partial charge on any atom is 0.0734 e. The Labute approximate surface area is 75.5 Å². The Bertz CT molecular complexity index is 203. The summed E-state index contributed by atoms with van der Waals surface area (Å²) >= 11 is 0. The van der Waals surface area contributed by atoms with Gasteiger partial charge in [0.25, 0.3) is 0 Å². The number of hydrogen-bond donors (Lipinski definition) is 1. The molecule has 0 aliphatic heterocycles. The SMILES string of the molecule is CC#CC(C)(C)[C@@H](O)C/C=C/C. The van der Waals surface area contributed by atoms with Crippen LogP contribution in [0.4, 0.5) is 0 Å². The van der Waals surface area contributed by atoms with Gasteiger partial charge in [-0.3, -0.25) is 0 Å². The van der Waals surface area contributed by atoms with Gasteiger partial charge in [0.2, 0.25) is 0 Å². The largest absolute Gasteiger partial charge is 0.391 e. The van der Waals surface area contributed by atoms with E-state index in [1.165, 1.54) is 0 Å². The molecule has 1 N–H and O–H groups in total. The molecule has 0 unspecified atom stereocenters. The summed E-state index contributed by atoms with van der Waals surface area (Å²) in [5.74, 6) is 5.83. The third kappa shape index (κ3) is 3.59. The van der Waals surface area contributed by atoms with E-state index < -0.39 is 0 Å². The van der Waals surface area contributed by atoms with Crippen molar-refractivity contribution in [3.05, 3.63) is 12.2 Å². The first kappa shape index (κ1) is 11.3. The standard InChI is InChI=1S/C11H18O/c1-5-7-8-10(12)11(3,4)9-6-2/h5,7,10,12H,8H2,1-4H3/b7-5+/t10-/m0/s1. The molecule has 12 heavy (non-hydrogen) atoms. The summed E-state index contributed by atoms with van der Waals surface area (Å²) in [6.45, 7) is 7.66. The van der Waals surface area contributed by atoms with E-state index in [1.54, 1.807) is 6.92 Å². The van der Waals surface area contributed by atoms with Gasteiger partial charge in [-0.1, -0.05) is 18.1 Å². The highest BCUT2D eigenvalue weighted by molar-refractivity contribution is 5.10. The van der Waals surface area contributed by atoms with E-state index in [4.69, 9.17) is 0 Å². The maximum absolute atomic E-state index is 9.69. The Morgan fingerprint density at radius 3 is 2.50 bits per heavy atom. The molecule has 1 atom stereocenters. The molecule has 0 saturated heterocycles. The molecular weight excluding hydrogens is 148 g/mol. The number of rotatable bonds is 3. The molecule has 0 aromatic carbocycles. The molecular formula is C11H18O. The summed E-state index contributed by atoms with van der Waals surface area (Å²) in [5, 5.41) is 9.69. The van der Waals surface area contributed by atoms with Crippen LogP contribution in [0, 0.1) is 17.3 Å². The van der Waals surface area contributed by atoms with Crippen molar-refractivity contribution in [3.8, 4) is 11.8 Å². The molecule has 0 heterocycles. The van der Waals surface area contributed by atoms with E-state index in [0.717, 1.165) is 0 Å². The van der Waals surface area contributed by atoms with E-state index in [2.05, 4.69) is 11.8 Å². The number of allylic oxidation sites excluding steroid dienone is 1. The lowest BCUT2D eigenvalue weighted by atomic mass is 9.85. The van der Waals surface area contributed by atoms with Crippen LogP contribution in [-0.2, 0) is 0 Å². The smallest absolute Gasteiger partial charge is 0.0734 e. The first-order chi connectivity index (χ1) is 5.54. The molecule has 0 fully saturated rings. The second-order valence-electron chi connectivity index (χ2n) is 3.42. The van der Waals surface area contributed by atoms with Crippen LogP contribution in [0.5, 0.6) is 0 Å². The molecule has 0 amide bonds. The van der Waals surface area contributed by atoms with Crippen LogP contribution in [0.25, 0.3) is 0 Å². The number of aliphatic hydroxyl groups is 1. The predicted molar refractivity (Wildman–Crippen MR) is 52.7 cm³/mol. The number of hydrogen-bond acceptors (Lipinski definition) is 1. The second kappa shape index (κ2) is 5.00. The lowest BCUT2D eigenvalue weighted by Gasteiger charge is -2.23. The molecule has 68 valence electrons. The Hall–Kier alpha value is -0.740. The van der Waals surface area contributed by atoms with Crippen LogP contribution in [-0.4, -0.2) is 11.2 Å². The molecule has 0 spiro atoms. The van der Waals surface area contributed by atoms with Gasteiger partial charge in [0, 0.05) is 0 Å². The third-order valence-electron chi connectivity index (χ3n) is 1.88.